The van der Waals surface area contributed by atoms with Crippen molar-refractivity contribution in [3.63, 3.8) is 0 Å². The number of carbonyl (C=O) groups excluding carboxylic acids is 1. The SMILES string of the molecule is CCCCCNc1cnc(C(=O)N(CC)CC)cn1. The molecule has 0 unspecified atom stereocenters. The van der Waals surface area contributed by atoms with E-state index in [0.717, 1.165) is 18.8 Å². The van der Waals surface area contributed by atoms with Crippen LogP contribution in [0.3, 0.4) is 0 Å². The minimum Gasteiger partial charge on any atom is -0.369 e. The quantitative estimate of drug-likeness (QED) is 0.733. The number of anilines is 1. The van der Waals surface area contributed by atoms with Crippen LogP contribution in [-0.4, -0.2) is 40.4 Å². The third-order valence-electron chi connectivity index (χ3n) is 3.01. The largest absolute Gasteiger partial charge is 0.369 e. The number of hydrogen-bond donors (Lipinski definition) is 1. The molecule has 0 bridgehead atoms. The molecule has 0 fully saturated rings. The van der Waals surface area contributed by atoms with Crippen molar-refractivity contribution in [1.82, 2.24) is 14.9 Å². The lowest BCUT2D eigenvalue weighted by Crippen LogP contribution is -2.31. The first-order valence-electron chi connectivity index (χ1n) is 7.08. The molecule has 1 N–H and O–H groups in total. The van der Waals surface area contributed by atoms with Crippen molar-refractivity contribution in [3.05, 3.63) is 18.1 Å². The molecule has 1 aromatic rings. The maximum atomic E-state index is 12.0. The Morgan fingerprint density at radius 2 is 1.89 bits per heavy atom. The highest BCUT2D eigenvalue weighted by molar-refractivity contribution is 5.92. The van der Waals surface area contributed by atoms with Gasteiger partial charge in [0.25, 0.3) is 5.91 Å². The summed E-state index contributed by atoms with van der Waals surface area (Å²) >= 11 is 0. The van der Waals surface area contributed by atoms with E-state index >= 15 is 0 Å². The minimum atomic E-state index is -0.0602. The van der Waals surface area contributed by atoms with Gasteiger partial charge in [0.2, 0.25) is 0 Å². The number of aromatic nitrogens is 2. The Balaban J connectivity index is 2.53. The molecule has 1 aromatic heterocycles. The molecule has 0 saturated carbocycles. The first kappa shape index (κ1) is 15.4. The normalized spacial score (nSPS) is 10.3. The molecule has 0 aliphatic rings. The van der Waals surface area contributed by atoms with Crippen LogP contribution in [0.25, 0.3) is 0 Å². The molecule has 0 atom stereocenters. The van der Waals surface area contributed by atoms with E-state index in [2.05, 4.69) is 22.2 Å². The van der Waals surface area contributed by atoms with Gasteiger partial charge in [0.1, 0.15) is 11.5 Å². The zero-order valence-electron chi connectivity index (χ0n) is 12.1. The molecule has 1 rings (SSSR count). The monoisotopic (exact) mass is 264 g/mol. The van der Waals surface area contributed by atoms with Crippen LogP contribution in [0.1, 0.15) is 50.5 Å². The van der Waals surface area contributed by atoms with Gasteiger partial charge < -0.3 is 10.2 Å². The van der Waals surface area contributed by atoms with Crippen molar-refractivity contribution in [3.8, 4) is 0 Å². The van der Waals surface area contributed by atoms with Gasteiger partial charge in [-0.1, -0.05) is 19.8 Å². The van der Waals surface area contributed by atoms with E-state index in [1.807, 2.05) is 13.8 Å². The maximum Gasteiger partial charge on any atom is 0.274 e. The molecule has 0 aliphatic heterocycles. The predicted octanol–water partition coefficient (Wildman–Crippen LogP) is 2.56. The summed E-state index contributed by atoms with van der Waals surface area (Å²) in [6.07, 6.45) is 6.70. The summed E-state index contributed by atoms with van der Waals surface area (Å²) in [5.41, 5.74) is 0.405. The fourth-order valence-corrected chi connectivity index (χ4v) is 1.79. The molecule has 1 heterocycles. The number of nitrogens with zero attached hydrogens (tertiary/aromatic N) is 3. The smallest absolute Gasteiger partial charge is 0.274 e. The number of unbranched alkanes of at least 4 members (excludes halogenated alkanes) is 2. The average molecular weight is 264 g/mol. The predicted molar refractivity (Wildman–Crippen MR) is 77.3 cm³/mol. The second-order valence-corrected chi connectivity index (χ2v) is 4.40. The molecule has 0 saturated heterocycles. The van der Waals surface area contributed by atoms with E-state index in [4.69, 9.17) is 0 Å². The molecule has 0 spiro atoms. The molecule has 19 heavy (non-hydrogen) atoms. The van der Waals surface area contributed by atoms with E-state index in [1.54, 1.807) is 17.3 Å². The molecule has 0 radical (unpaired) electrons. The lowest BCUT2D eigenvalue weighted by molar-refractivity contribution is 0.0766. The summed E-state index contributed by atoms with van der Waals surface area (Å²) in [4.78, 5) is 22.2. The van der Waals surface area contributed by atoms with Gasteiger partial charge in [-0.25, -0.2) is 9.97 Å². The molecule has 5 nitrogen and oxygen atoms in total. The molecular weight excluding hydrogens is 240 g/mol. The van der Waals surface area contributed by atoms with Crippen LogP contribution in [-0.2, 0) is 0 Å². The summed E-state index contributed by atoms with van der Waals surface area (Å²) < 4.78 is 0. The van der Waals surface area contributed by atoms with Crippen LogP contribution in [0, 0.1) is 0 Å². The molecule has 5 heteroatoms. The van der Waals surface area contributed by atoms with Crippen molar-refractivity contribution in [2.75, 3.05) is 25.0 Å². The fourth-order valence-electron chi connectivity index (χ4n) is 1.79. The van der Waals surface area contributed by atoms with E-state index < -0.39 is 0 Å². The van der Waals surface area contributed by atoms with Gasteiger partial charge in [0.15, 0.2) is 0 Å². The van der Waals surface area contributed by atoms with Gasteiger partial charge in [-0.15, -0.1) is 0 Å². The minimum absolute atomic E-state index is 0.0602. The van der Waals surface area contributed by atoms with Gasteiger partial charge in [-0.2, -0.15) is 0 Å². The van der Waals surface area contributed by atoms with E-state index in [-0.39, 0.29) is 5.91 Å². The first-order valence-corrected chi connectivity index (χ1v) is 7.08. The van der Waals surface area contributed by atoms with Gasteiger partial charge in [0.05, 0.1) is 12.4 Å². The lowest BCUT2D eigenvalue weighted by Gasteiger charge is -2.17. The van der Waals surface area contributed by atoms with Crippen molar-refractivity contribution in [2.45, 2.75) is 40.0 Å². The van der Waals surface area contributed by atoms with Gasteiger partial charge in [-0.3, -0.25) is 4.79 Å². The standard InChI is InChI=1S/C14H24N4O/c1-4-7-8-9-15-13-11-16-12(10-17-13)14(19)18(5-2)6-3/h10-11H,4-9H2,1-3H3,(H,15,17). The molecule has 106 valence electrons. The van der Waals surface area contributed by atoms with Crippen molar-refractivity contribution < 1.29 is 4.79 Å². The highest BCUT2D eigenvalue weighted by atomic mass is 16.2. The van der Waals surface area contributed by atoms with E-state index in [1.165, 1.54) is 12.8 Å². The topological polar surface area (TPSA) is 58.1 Å². The van der Waals surface area contributed by atoms with Gasteiger partial charge in [-0.05, 0) is 20.3 Å². The van der Waals surface area contributed by atoms with Crippen LogP contribution in [0.2, 0.25) is 0 Å². The van der Waals surface area contributed by atoms with Crippen molar-refractivity contribution in [2.24, 2.45) is 0 Å². The Bertz CT molecular complexity index is 374. The number of rotatable bonds is 8. The number of amides is 1. The second kappa shape index (κ2) is 8.45. The highest BCUT2D eigenvalue weighted by Crippen LogP contribution is 2.05. The summed E-state index contributed by atoms with van der Waals surface area (Å²) in [5, 5.41) is 3.20. The fraction of sp³-hybridized carbons (Fsp3) is 0.643. The number of nitrogens with one attached hydrogen (secondary N) is 1. The third-order valence-corrected chi connectivity index (χ3v) is 3.01. The first-order chi connectivity index (χ1) is 9.22. The second-order valence-electron chi connectivity index (χ2n) is 4.40. The summed E-state index contributed by atoms with van der Waals surface area (Å²) in [5.74, 6) is 0.669. The Morgan fingerprint density at radius 3 is 2.42 bits per heavy atom. The lowest BCUT2D eigenvalue weighted by atomic mass is 10.2. The Hall–Kier alpha value is -1.65. The molecule has 1 amide bonds. The highest BCUT2D eigenvalue weighted by Gasteiger charge is 2.13. The van der Waals surface area contributed by atoms with Crippen LogP contribution < -0.4 is 5.32 Å². The van der Waals surface area contributed by atoms with Crippen LogP contribution in [0.4, 0.5) is 5.82 Å². The Kier molecular flexibility index (Phi) is 6.85. The Labute approximate surface area is 115 Å². The van der Waals surface area contributed by atoms with Crippen LogP contribution in [0.5, 0.6) is 0 Å². The summed E-state index contributed by atoms with van der Waals surface area (Å²) in [6.45, 7) is 8.36. The Morgan fingerprint density at radius 1 is 1.16 bits per heavy atom. The van der Waals surface area contributed by atoms with E-state index in [9.17, 15) is 4.79 Å². The maximum absolute atomic E-state index is 12.0. The average Bonchev–Trinajstić information content (AvgIpc) is 2.45. The molecular formula is C14H24N4O. The molecule has 0 aliphatic carbocycles. The summed E-state index contributed by atoms with van der Waals surface area (Å²) in [7, 11) is 0. The summed E-state index contributed by atoms with van der Waals surface area (Å²) in [6, 6.07) is 0. The van der Waals surface area contributed by atoms with E-state index in [0.29, 0.717) is 18.8 Å². The zero-order chi connectivity index (χ0) is 14.1. The zero-order valence-corrected chi connectivity index (χ0v) is 12.1. The third kappa shape index (κ3) is 4.85. The number of carbonyl (C=O) groups is 1. The van der Waals surface area contributed by atoms with Gasteiger partial charge in [0, 0.05) is 19.6 Å². The number of hydrogen-bond acceptors (Lipinski definition) is 4. The van der Waals surface area contributed by atoms with Crippen LogP contribution in [0.15, 0.2) is 12.4 Å². The van der Waals surface area contributed by atoms with Crippen LogP contribution >= 0.6 is 0 Å². The van der Waals surface area contributed by atoms with Crippen molar-refractivity contribution in [1.29, 1.82) is 0 Å². The molecule has 0 aromatic carbocycles. The van der Waals surface area contributed by atoms with Crippen molar-refractivity contribution >= 4 is 11.7 Å². The van der Waals surface area contributed by atoms with Gasteiger partial charge >= 0.3 is 0 Å².